The Labute approximate surface area is 149 Å². The topological polar surface area (TPSA) is 50.7 Å². The maximum absolute atomic E-state index is 10.7. The zero-order chi connectivity index (χ0) is 17.8. The van der Waals surface area contributed by atoms with E-state index in [2.05, 4.69) is 36.5 Å². The summed E-state index contributed by atoms with van der Waals surface area (Å²) < 4.78 is 10.5. The molecule has 3 rings (SSSR count). The molecular formula is C21H27NO3. The van der Waals surface area contributed by atoms with Crippen molar-refractivity contribution in [1.29, 1.82) is 0 Å². The average Bonchev–Trinajstić information content (AvgIpc) is 2.67. The highest BCUT2D eigenvalue weighted by atomic mass is 16.5. The SMILES string of the molecule is CC[C@H]1[C@@H](O)C[C@@H](c2ccc(OC)cc2)N[C@H]1c1ccc(OC)cc1. The molecule has 0 aliphatic carbocycles. The number of methoxy groups -OCH3 is 2. The summed E-state index contributed by atoms with van der Waals surface area (Å²) in [6.07, 6.45) is 1.32. The molecule has 1 fully saturated rings. The van der Waals surface area contributed by atoms with Crippen molar-refractivity contribution in [2.45, 2.75) is 38.0 Å². The van der Waals surface area contributed by atoms with Crippen LogP contribution in [0.4, 0.5) is 0 Å². The number of hydrogen-bond donors (Lipinski definition) is 2. The molecule has 2 N–H and O–H groups in total. The fourth-order valence-electron chi connectivity index (χ4n) is 3.78. The minimum Gasteiger partial charge on any atom is -0.497 e. The first-order chi connectivity index (χ1) is 12.2. The van der Waals surface area contributed by atoms with E-state index in [0.717, 1.165) is 24.3 Å². The molecule has 4 heteroatoms. The van der Waals surface area contributed by atoms with Crippen LogP contribution in [-0.4, -0.2) is 25.4 Å². The van der Waals surface area contributed by atoms with Crippen LogP contribution in [-0.2, 0) is 0 Å². The number of piperidine rings is 1. The fourth-order valence-corrected chi connectivity index (χ4v) is 3.78. The van der Waals surface area contributed by atoms with E-state index in [1.54, 1.807) is 14.2 Å². The van der Waals surface area contributed by atoms with Crippen LogP contribution in [0.15, 0.2) is 48.5 Å². The normalized spacial score (nSPS) is 26.2. The first-order valence-corrected chi connectivity index (χ1v) is 8.88. The van der Waals surface area contributed by atoms with Gasteiger partial charge in [-0.05, 0) is 48.2 Å². The lowest BCUT2D eigenvalue weighted by Crippen LogP contribution is -2.44. The van der Waals surface area contributed by atoms with Crippen LogP contribution in [0.1, 0.15) is 43.0 Å². The van der Waals surface area contributed by atoms with Gasteiger partial charge >= 0.3 is 0 Å². The molecule has 1 heterocycles. The highest BCUT2D eigenvalue weighted by molar-refractivity contribution is 5.33. The van der Waals surface area contributed by atoms with Crippen molar-refractivity contribution in [3.63, 3.8) is 0 Å². The van der Waals surface area contributed by atoms with Crippen molar-refractivity contribution in [1.82, 2.24) is 5.32 Å². The highest BCUT2D eigenvalue weighted by Gasteiger charge is 2.36. The van der Waals surface area contributed by atoms with Gasteiger partial charge in [-0.2, -0.15) is 0 Å². The third kappa shape index (κ3) is 3.80. The molecule has 0 spiro atoms. The maximum atomic E-state index is 10.7. The molecule has 0 aromatic heterocycles. The number of aliphatic hydroxyl groups is 1. The van der Waals surface area contributed by atoms with E-state index in [4.69, 9.17) is 9.47 Å². The molecule has 134 valence electrons. The van der Waals surface area contributed by atoms with Crippen molar-refractivity contribution < 1.29 is 14.6 Å². The summed E-state index contributed by atoms with van der Waals surface area (Å²) in [6.45, 7) is 2.14. The number of nitrogens with one attached hydrogen (secondary N) is 1. The van der Waals surface area contributed by atoms with Crippen molar-refractivity contribution in [3.8, 4) is 11.5 Å². The molecule has 0 radical (unpaired) electrons. The standard InChI is InChI=1S/C21H27NO3/c1-4-18-20(23)13-19(14-5-9-16(24-2)10-6-14)22-21(18)15-7-11-17(25-3)12-8-15/h5-12,18-23H,4,13H2,1-3H3/t18-,19-,20-,21-/m0/s1. The van der Waals surface area contributed by atoms with Crippen LogP contribution in [0, 0.1) is 5.92 Å². The lowest BCUT2D eigenvalue weighted by Gasteiger charge is -2.41. The second kappa shape index (κ2) is 7.89. The highest BCUT2D eigenvalue weighted by Crippen LogP contribution is 2.39. The van der Waals surface area contributed by atoms with E-state index in [9.17, 15) is 5.11 Å². The molecular weight excluding hydrogens is 314 g/mol. The molecule has 25 heavy (non-hydrogen) atoms. The van der Waals surface area contributed by atoms with Crippen LogP contribution in [0.25, 0.3) is 0 Å². The molecule has 4 nitrogen and oxygen atoms in total. The molecule has 0 saturated carbocycles. The molecule has 1 aliphatic rings. The number of aliphatic hydroxyl groups excluding tert-OH is 1. The molecule has 4 atom stereocenters. The zero-order valence-electron chi connectivity index (χ0n) is 15.1. The second-order valence-electron chi connectivity index (χ2n) is 6.62. The lowest BCUT2D eigenvalue weighted by molar-refractivity contribution is 0.0290. The summed E-state index contributed by atoms with van der Waals surface area (Å²) in [6, 6.07) is 16.4. The Hall–Kier alpha value is -2.04. The quantitative estimate of drug-likeness (QED) is 0.867. The molecule has 0 unspecified atom stereocenters. The lowest BCUT2D eigenvalue weighted by atomic mass is 9.78. The van der Waals surface area contributed by atoms with E-state index in [1.807, 2.05) is 24.3 Å². The van der Waals surface area contributed by atoms with Gasteiger partial charge in [0.2, 0.25) is 0 Å². The van der Waals surface area contributed by atoms with Gasteiger partial charge in [0, 0.05) is 18.0 Å². The Bertz CT molecular complexity index is 669. The zero-order valence-corrected chi connectivity index (χ0v) is 15.1. The van der Waals surface area contributed by atoms with E-state index >= 15 is 0 Å². The number of ether oxygens (including phenoxy) is 2. The minimum absolute atomic E-state index is 0.117. The van der Waals surface area contributed by atoms with Crippen molar-refractivity contribution >= 4 is 0 Å². The number of hydrogen-bond acceptors (Lipinski definition) is 4. The monoisotopic (exact) mass is 341 g/mol. The molecule has 0 amide bonds. The smallest absolute Gasteiger partial charge is 0.118 e. The number of benzene rings is 2. The summed E-state index contributed by atoms with van der Waals surface area (Å²) in [4.78, 5) is 0. The molecule has 1 aliphatic heterocycles. The summed E-state index contributed by atoms with van der Waals surface area (Å²) in [5, 5.41) is 14.5. The van der Waals surface area contributed by atoms with Gasteiger partial charge in [-0.15, -0.1) is 0 Å². The van der Waals surface area contributed by atoms with Gasteiger partial charge in [-0.3, -0.25) is 0 Å². The first-order valence-electron chi connectivity index (χ1n) is 8.88. The first kappa shape index (κ1) is 17.8. The predicted molar refractivity (Wildman–Crippen MR) is 99.0 cm³/mol. The Morgan fingerprint density at radius 2 is 1.44 bits per heavy atom. The molecule has 0 bridgehead atoms. The van der Waals surface area contributed by atoms with Crippen LogP contribution >= 0.6 is 0 Å². The van der Waals surface area contributed by atoms with E-state index in [-0.39, 0.29) is 24.1 Å². The third-order valence-electron chi connectivity index (χ3n) is 5.24. The van der Waals surface area contributed by atoms with Crippen molar-refractivity contribution in [3.05, 3.63) is 59.7 Å². The Morgan fingerprint density at radius 1 is 0.920 bits per heavy atom. The van der Waals surface area contributed by atoms with E-state index < -0.39 is 0 Å². The van der Waals surface area contributed by atoms with Gasteiger partial charge in [-0.1, -0.05) is 31.2 Å². The maximum Gasteiger partial charge on any atom is 0.118 e. The Balaban J connectivity index is 1.85. The molecule has 1 saturated heterocycles. The van der Waals surface area contributed by atoms with Gasteiger partial charge in [0.1, 0.15) is 11.5 Å². The number of rotatable bonds is 5. The van der Waals surface area contributed by atoms with Gasteiger partial charge < -0.3 is 19.9 Å². The third-order valence-corrected chi connectivity index (χ3v) is 5.24. The Morgan fingerprint density at radius 3 is 1.92 bits per heavy atom. The van der Waals surface area contributed by atoms with Crippen LogP contribution in [0.2, 0.25) is 0 Å². The van der Waals surface area contributed by atoms with Crippen molar-refractivity contribution in [2.24, 2.45) is 5.92 Å². The van der Waals surface area contributed by atoms with E-state index in [0.29, 0.717) is 0 Å². The van der Waals surface area contributed by atoms with Gasteiger partial charge in [0.25, 0.3) is 0 Å². The summed E-state index contributed by atoms with van der Waals surface area (Å²) in [7, 11) is 3.34. The van der Waals surface area contributed by atoms with Gasteiger partial charge in [0.15, 0.2) is 0 Å². The second-order valence-corrected chi connectivity index (χ2v) is 6.62. The van der Waals surface area contributed by atoms with Gasteiger partial charge in [-0.25, -0.2) is 0 Å². The minimum atomic E-state index is -0.328. The fraction of sp³-hybridized carbons (Fsp3) is 0.429. The molecule has 2 aromatic rings. The summed E-state index contributed by atoms with van der Waals surface area (Å²) in [5.41, 5.74) is 2.36. The van der Waals surface area contributed by atoms with Crippen LogP contribution in [0.3, 0.4) is 0 Å². The largest absolute Gasteiger partial charge is 0.497 e. The van der Waals surface area contributed by atoms with Crippen molar-refractivity contribution in [2.75, 3.05) is 14.2 Å². The summed E-state index contributed by atoms with van der Waals surface area (Å²) in [5.74, 6) is 1.89. The van der Waals surface area contributed by atoms with Gasteiger partial charge in [0.05, 0.1) is 20.3 Å². The predicted octanol–water partition coefficient (Wildman–Crippen LogP) is 3.87. The molecule has 2 aromatic carbocycles. The van der Waals surface area contributed by atoms with Crippen LogP contribution < -0.4 is 14.8 Å². The van der Waals surface area contributed by atoms with Crippen LogP contribution in [0.5, 0.6) is 11.5 Å². The Kier molecular flexibility index (Phi) is 5.61. The summed E-state index contributed by atoms with van der Waals surface area (Å²) >= 11 is 0. The average molecular weight is 341 g/mol. The van der Waals surface area contributed by atoms with E-state index in [1.165, 1.54) is 11.1 Å².